The first-order valence-corrected chi connectivity index (χ1v) is 4.53. The Morgan fingerprint density at radius 1 is 1.42 bits per heavy atom. The summed E-state index contributed by atoms with van der Waals surface area (Å²) in [6.45, 7) is 17.3. The zero-order valence-electron chi connectivity index (χ0n) is 8.80. The van der Waals surface area contributed by atoms with Crippen LogP contribution in [0.4, 0.5) is 0 Å². The molecule has 0 aliphatic rings. The highest BCUT2D eigenvalue weighted by Crippen LogP contribution is 2.10. The van der Waals surface area contributed by atoms with Gasteiger partial charge in [-0.05, 0) is 26.7 Å². The molecule has 0 amide bonds. The van der Waals surface area contributed by atoms with Crippen LogP contribution in [0.5, 0.6) is 0 Å². The Morgan fingerprint density at radius 2 is 1.92 bits per heavy atom. The standard InChI is InChI=1S/C11H21N/c1-7-11(6)8-12(9(2)3)10(4)5/h7,10-11H,1-2,8H2,3-6H3. The SMILES string of the molecule is C=CC(C)CN(C(=C)C)C(C)C. The molecule has 0 heterocycles. The molecule has 0 aliphatic carbocycles. The highest BCUT2D eigenvalue weighted by atomic mass is 15.2. The summed E-state index contributed by atoms with van der Waals surface area (Å²) in [7, 11) is 0. The molecule has 0 aromatic heterocycles. The van der Waals surface area contributed by atoms with E-state index in [0.717, 1.165) is 12.2 Å². The minimum Gasteiger partial charge on any atom is -0.373 e. The van der Waals surface area contributed by atoms with Gasteiger partial charge < -0.3 is 4.90 Å². The summed E-state index contributed by atoms with van der Waals surface area (Å²) in [6.07, 6.45) is 1.98. The van der Waals surface area contributed by atoms with Crippen LogP contribution in [0.2, 0.25) is 0 Å². The summed E-state index contributed by atoms with van der Waals surface area (Å²) in [5, 5.41) is 0. The van der Waals surface area contributed by atoms with Crippen molar-refractivity contribution < 1.29 is 0 Å². The molecular formula is C11H21N. The number of nitrogens with zero attached hydrogens (tertiary/aromatic N) is 1. The van der Waals surface area contributed by atoms with Gasteiger partial charge in [0.15, 0.2) is 0 Å². The van der Waals surface area contributed by atoms with E-state index in [4.69, 9.17) is 0 Å². The van der Waals surface area contributed by atoms with E-state index in [1.807, 2.05) is 6.08 Å². The van der Waals surface area contributed by atoms with E-state index in [0.29, 0.717) is 12.0 Å². The minimum absolute atomic E-state index is 0.532. The molecule has 0 saturated carbocycles. The van der Waals surface area contributed by atoms with Crippen LogP contribution in [0, 0.1) is 5.92 Å². The van der Waals surface area contributed by atoms with Crippen LogP contribution in [-0.4, -0.2) is 17.5 Å². The molecule has 0 radical (unpaired) electrons. The van der Waals surface area contributed by atoms with E-state index in [2.05, 4.69) is 45.8 Å². The van der Waals surface area contributed by atoms with Crippen molar-refractivity contribution in [1.82, 2.24) is 4.90 Å². The third-order valence-electron chi connectivity index (χ3n) is 2.00. The van der Waals surface area contributed by atoms with Crippen LogP contribution in [0.1, 0.15) is 27.7 Å². The summed E-state index contributed by atoms with van der Waals surface area (Å²) in [6, 6.07) is 0.532. The molecule has 1 unspecified atom stereocenters. The molecule has 0 spiro atoms. The maximum absolute atomic E-state index is 3.96. The van der Waals surface area contributed by atoms with Gasteiger partial charge in [0, 0.05) is 18.3 Å². The molecule has 1 heteroatoms. The van der Waals surface area contributed by atoms with Gasteiger partial charge in [0.25, 0.3) is 0 Å². The lowest BCUT2D eigenvalue weighted by Gasteiger charge is -2.30. The van der Waals surface area contributed by atoms with Crippen LogP contribution >= 0.6 is 0 Å². The Hall–Kier alpha value is -0.720. The van der Waals surface area contributed by atoms with Crippen molar-refractivity contribution in [1.29, 1.82) is 0 Å². The van der Waals surface area contributed by atoms with Crippen LogP contribution < -0.4 is 0 Å². The van der Waals surface area contributed by atoms with E-state index >= 15 is 0 Å². The maximum Gasteiger partial charge on any atom is 0.0237 e. The number of rotatable bonds is 5. The van der Waals surface area contributed by atoms with Gasteiger partial charge in [0.05, 0.1) is 0 Å². The van der Waals surface area contributed by atoms with Gasteiger partial charge in [0.1, 0.15) is 0 Å². The van der Waals surface area contributed by atoms with E-state index in [1.165, 1.54) is 0 Å². The van der Waals surface area contributed by atoms with E-state index in [1.54, 1.807) is 0 Å². The Labute approximate surface area is 76.8 Å². The Kier molecular flexibility index (Phi) is 4.72. The average molecular weight is 167 g/mol. The second-order valence-corrected chi connectivity index (χ2v) is 3.69. The van der Waals surface area contributed by atoms with Gasteiger partial charge in [-0.2, -0.15) is 0 Å². The van der Waals surface area contributed by atoms with E-state index in [-0.39, 0.29) is 0 Å². The summed E-state index contributed by atoms with van der Waals surface area (Å²) in [4.78, 5) is 2.30. The zero-order valence-corrected chi connectivity index (χ0v) is 8.80. The van der Waals surface area contributed by atoms with E-state index < -0.39 is 0 Å². The number of hydrogen-bond acceptors (Lipinski definition) is 1. The third kappa shape index (κ3) is 3.61. The summed E-state index contributed by atoms with van der Waals surface area (Å²) in [5.74, 6) is 0.532. The number of hydrogen-bond donors (Lipinski definition) is 0. The second kappa shape index (κ2) is 5.02. The molecule has 1 nitrogen and oxygen atoms in total. The molecular weight excluding hydrogens is 146 g/mol. The predicted molar refractivity (Wildman–Crippen MR) is 56.0 cm³/mol. The lowest BCUT2D eigenvalue weighted by Crippen LogP contribution is -2.32. The lowest BCUT2D eigenvalue weighted by molar-refractivity contribution is 0.264. The van der Waals surface area contributed by atoms with Gasteiger partial charge in [-0.15, -0.1) is 6.58 Å². The Bertz CT molecular complexity index is 158. The quantitative estimate of drug-likeness (QED) is 0.569. The van der Waals surface area contributed by atoms with Crippen LogP contribution in [-0.2, 0) is 0 Å². The summed E-state index contributed by atoms with van der Waals surface area (Å²) in [5.41, 5.74) is 1.14. The van der Waals surface area contributed by atoms with Crippen molar-refractivity contribution in [3.8, 4) is 0 Å². The molecule has 0 aromatic carbocycles. The second-order valence-electron chi connectivity index (χ2n) is 3.69. The predicted octanol–water partition coefficient (Wildman–Crippen LogP) is 3.05. The fraction of sp³-hybridized carbons (Fsp3) is 0.636. The van der Waals surface area contributed by atoms with Gasteiger partial charge in [-0.25, -0.2) is 0 Å². The zero-order chi connectivity index (χ0) is 9.72. The molecule has 12 heavy (non-hydrogen) atoms. The molecule has 70 valence electrons. The van der Waals surface area contributed by atoms with Gasteiger partial charge >= 0.3 is 0 Å². The van der Waals surface area contributed by atoms with Gasteiger partial charge in [0.2, 0.25) is 0 Å². The van der Waals surface area contributed by atoms with Crippen molar-refractivity contribution >= 4 is 0 Å². The van der Waals surface area contributed by atoms with Crippen LogP contribution in [0.3, 0.4) is 0 Å². The first kappa shape index (κ1) is 11.3. The fourth-order valence-electron chi connectivity index (χ4n) is 1.19. The van der Waals surface area contributed by atoms with Crippen molar-refractivity contribution in [3.05, 3.63) is 24.9 Å². The molecule has 0 bridgehead atoms. The van der Waals surface area contributed by atoms with E-state index in [9.17, 15) is 0 Å². The summed E-state index contributed by atoms with van der Waals surface area (Å²) >= 11 is 0. The van der Waals surface area contributed by atoms with Crippen LogP contribution in [0.15, 0.2) is 24.9 Å². The van der Waals surface area contributed by atoms with Crippen molar-refractivity contribution in [2.45, 2.75) is 33.7 Å². The fourth-order valence-corrected chi connectivity index (χ4v) is 1.19. The van der Waals surface area contributed by atoms with Gasteiger partial charge in [-0.3, -0.25) is 0 Å². The summed E-state index contributed by atoms with van der Waals surface area (Å²) < 4.78 is 0. The van der Waals surface area contributed by atoms with Crippen LogP contribution in [0.25, 0.3) is 0 Å². The smallest absolute Gasteiger partial charge is 0.0237 e. The Balaban J connectivity index is 4.13. The molecule has 0 rings (SSSR count). The lowest BCUT2D eigenvalue weighted by atomic mass is 10.1. The molecule has 0 aromatic rings. The monoisotopic (exact) mass is 167 g/mol. The van der Waals surface area contributed by atoms with Crippen molar-refractivity contribution in [2.24, 2.45) is 5.92 Å². The normalized spacial score (nSPS) is 12.8. The minimum atomic E-state index is 0.532. The third-order valence-corrected chi connectivity index (χ3v) is 2.00. The number of allylic oxidation sites excluding steroid dienone is 1. The molecule has 0 saturated heterocycles. The topological polar surface area (TPSA) is 3.24 Å². The maximum atomic E-state index is 3.96. The first-order chi connectivity index (χ1) is 5.49. The molecule has 0 fully saturated rings. The highest BCUT2D eigenvalue weighted by Gasteiger charge is 2.10. The first-order valence-electron chi connectivity index (χ1n) is 4.53. The molecule has 1 atom stereocenters. The van der Waals surface area contributed by atoms with Crippen molar-refractivity contribution in [3.63, 3.8) is 0 Å². The molecule has 0 N–H and O–H groups in total. The average Bonchev–Trinajstić information content (AvgIpc) is 1.98. The Morgan fingerprint density at radius 3 is 2.17 bits per heavy atom. The largest absolute Gasteiger partial charge is 0.373 e. The van der Waals surface area contributed by atoms with Crippen molar-refractivity contribution in [2.75, 3.05) is 6.54 Å². The van der Waals surface area contributed by atoms with Gasteiger partial charge in [-0.1, -0.05) is 19.6 Å². The highest BCUT2D eigenvalue weighted by molar-refractivity contribution is 4.93. The molecule has 0 aliphatic heterocycles.